The summed E-state index contributed by atoms with van der Waals surface area (Å²) in [4.78, 5) is 16.2. The molecule has 0 unspecified atom stereocenters. The number of aryl methyl sites for hydroxylation is 1. The van der Waals surface area contributed by atoms with Gasteiger partial charge in [-0.1, -0.05) is 68.4 Å². The summed E-state index contributed by atoms with van der Waals surface area (Å²) in [6.07, 6.45) is 1.75. The number of nitrogens with one attached hydrogen (secondary N) is 2. The molecule has 37 heavy (non-hydrogen) atoms. The van der Waals surface area contributed by atoms with Crippen molar-refractivity contribution in [2.75, 3.05) is 16.8 Å². The molecule has 0 aliphatic rings. The highest BCUT2D eigenvalue weighted by Gasteiger charge is 2.17. The van der Waals surface area contributed by atoms with E-state index >= 15 is 0 Å². The highest BCUT2D eigenvalue weighted by Crippen LogP contribution is 2.33. The lowest BCUT2D eigenvalue weighted by molar-refractivity contribution is 0.605. The molecule has 0 amide bonds. The van der Waals surface area contributed by atoms with Gasteiger partial charge >= 0.3 is 0 Å². The standard InChI is InChI=1S/C28H29N9/c1-19(2)17-37(18-21-9-5-4-6-10-21)27-16-22(31-26-13-14-29-20(3)30-26)15-25(32-27)23-11-7-8-12-24(23)28-33-35-36-34-28/h4-16,19H,17-18H2,1-3H3,(H,29,30,31,32)(H,33,34,35,36). The summed E-state index contributed by atoms with van der Waals surface area (Å²) in [5.41, 5.74) is 4.71. The van der Waals surface area contributed by atoms with Gasteiger partial charge in [-0.3, -0.25) is 0 Å². The minimum atomic E-state index is 0.447. The van der Waals surface area contributed by atoms with Gasteiger partial charge in [0.25, 0.3) is 0 Å². The van der Waals surface area contributed by atoms with Crippen LogP contribution in [0.1, 0.15) is 25.2 Å². The topological polar surface area (TPSA) is 108 Å². The van der Waals surface area contributed by atoms with Crippen molar-refractivity contribution >= 4 is 17.3 Å². The van der Waals surface area contributed by atoms with Gasteiger partial charge < -0.3 is 10.2 Å². The molecule has 5 rings (SSSR count). The van der Waals surface area contributed by atoms with Gasteiger partial charge in [-0.15, -0.1) is 5.10 Å². The molecule has 5 aromatic rings. The van der Waals surface area contributed by atoms with Crippen molar-refractivity contribution < 1.29 is 0 Å². The molecule has 0 bridgehead atoms. The van der Waals surface area contributed by atoms with E-state index in [0.717, 1.165) is 47.2 Å². The van der Waals surface area contributed by atoms with Crippen LogP contribution in [-0.4, -0.2) is 42.1 Å². The molecule has 0 spiro atoms. The molecule has 0 saturated carbocycles. The number of H-pyrrole nitrogens is 1. The fraction of sp³-hybridized carbons (Fsp3) is 0.214. The zero-order chi connectivity index (χ0) is 25.6. The predicted molar refractivity (Wildman–Crippen MR) is 145 cm³/mol. The van der Waals surface area contributed by atoms with Crippen molar-refractivity contribution in [2.24, 2.45) is 5.92 Å². The van der Waals surface area contributed by atoms with Crippen LogP contribution in [0.4, 0.5) is 17.3 Å². The third kappa shape index (κ3) is 5.95. The second-order valence-electron chi connectivity index (χ2n) is 9.27. The molecule has 9 heteroatoms. The summed E-state index contributed by atoms with van der Waals surface area (Å²) in [7, 11) is 0. The highest BCUT2D eigenvalue weighted by atomic mass is 15.5. The summed E-state index contributed by atoms with van der Waals surface area (Å²) in [5.74, 6) is 3.33. The van der Waals surface area contributed by atoms with Crippen molar-refractivity contribution in [2.45, 2.75) is 27.3 Å². The van der Waals surface area contributed by atoms with Crippen LogP contribution in [0, 0.1) is 12.8 Å². The molecule has 0 aliphatic carbocycles. The summed E-state index contributed by atoms with van der Waals surface area (Å²) in [6.45, 7) is 7.91. The lowest BCUT2D eigenvalue weighted by atomic mass is 10.0. The molecule has 0 fully saturated rings. The van der Waals surface area contributed by atoms with Crippen molar-refractivity contribution in [1.29, 1.82) is 0 Å². The number of rotatable bonds is 9. The van der Waals surface area contributed by atoms with Crippen molar-refractivity contribution in [3.8, 4) is 22.6 Å². The van der Waals surface area contributed by atoms with E-state index in [1.165, 1.54) is 5.56 Å². The number of aromatic amines is 1. The van der Waals surface area contributed by atoms with Gasteiger partial charge in [-0.2, -0.15) is 0 Å². The first kappa shape index (κ1) is 24.1. The van der Waals surface area contributed by atoms with E-state index < -0.39 is 0 Å². The molecule has 0 saturated heterocycles. The Morgan fingerprint density at radius 2 is 1.70 bits per heavy atom. The highest BCUT2D eigenvalue weighted by molar-refractivity contribution is 5.81. The number of tetrazole rings is 1. The quantitative estimate of drug-likeness (QED) is 0.281. The first-order valence-electron chi connectivity index (χ1n) is 12.3. The molecule has 0 atom stereocenters. The van der Waals surface area contributed by atoms with E-state index in [0.29, 0.717) is 17.6 Å². The average Bonchev–Trinajstić information content (AvgIpc) is 3.44. The molecule has 2 N–H and O–H groups in total. The number of nitrogens with zero attached hydrogens (tertiary/aromatic N) is 7. The maximum Gasteiger partial charge on any atom is 0.180 e. The van der Waals surface area contributed by atoms with Gasteiger partial charge in [0.05, 0.1) is 5.69 Å². The van der Waals surface area contributed by atoms with E-state index in [4.69, 9.17) is 4.98 Å². The third-order valence-electron chi connectivity index (χ3n) is 5.79. The van der Waals surface area contributed by atoms with Crippen LogP contribution < -0.4 is 10.2 Å². The Labute approximate surface area is 216 Å². The molecule has 186 valence electrons. The third-order valence-corrected chi connectivity index (χ3v) is 5.79. The van der Waals surface area contributed by atoms with Crippen LogP contribution in [0.25, 0.3) is 22.6 Å². The predicted octanol–water partition coefficient (Wildman–Crippen LogP) is 5.43. The number of hydrogen-bond donors (Lipinski definition) is 2. The number of pyridine rings is 1. The fourth-order valence-corrected chi connectivity index (χ4v) is 4.23. The molecular weight excluding hydrogens is 462 g/mol. The van der Waals surface area contributed by atoms with Crippen molar-refractivity contribution in [3.63, 3.8) is 0 Å². The Hall–Kier alpha value is -4.66. The van der Waals surface area contributed by atoms with E-state index in [9.17, 15) is 0 Å². The van der Waals surface area contributed by atoms with Crippen LogP contribution >= 0.6 is 0 Å². The van der Waals surface area contributed by atoms with Crippen LogP contribution in [0.2, 0.25) is 0 Å². The van der Waals surface area contributed by atoms with Gasteiger partial charge in [0, 0.05) is 42.2 Å². The molecule has 9 nitrogen and oxygen atoms in total. The second-order valence-corrected chi connectivity index (χ2v) is 9.27. The molecule has 0 aliphatic heterocycles. The van der Waals surface area contributed by atoms with Gasteiger partial charge in [-0.05, 0) is 41.0 Å². The second kappa shape index (κ2) is 10.9. The number of hydrogen-bond acceptors (Lipinski definition) is 8. The maximum atomic E-state index is 5.15. The zero-order valence-corrected chi connectivity index (χ0v) is 21.1. The average molecular weight is 492 g/mol. The van der Waals surface area contributed by atoms with Crippen molar-refractivity contribution in [1.82, 2.24) is 35.6 Å². The lowest BCUT2D eigenvalue weighted by Crippen LogP contribution is -2.28. The first-order valence-corrected chi connectivity index (χ1v) is 12.3. The van der Waals surface area contributed by atoms with Crippen LogP contribution in [-0.2, 0) is 6.54 Å². The molecule has 3 aromatic heterocycles. The Kier molecular flexibility index (Phi) is 7.12. The van der Waals surface area contributed by atoms with Crippen LogP contribution in [0.5, 0.6) is 0 Å². The minimum absolute atomic E-state index is 0.447. The summed E-state index contributed by atoms with van der Waals surface area (Å²) >= 11 is 0. The largest absolute Gasteiger partial charge is 0.352 e. The van der Waals surface area contributed by atoms with Crippen molar-refractivity contribution in [3.05, 3.63) is 90.4 Å². The number of aromatic nitrogens is 7. The molecule has 2 aromatic carbocycles. The van der Waals surface area contributed by atoms with Gasteiger partial charge in [0.2, 0.25) is 0 Å². The van der Waals surface area contributed by atoms with E-state index in [1.54, 1.807) is 6.20 Å². The first-order chi connectivity index (χ1) is 18.0. The monoisotopic (exact) mass is 491 g/mol. The molecule has 0 radical (unpaired) electrons. The SMILES string of the molecule is Cc1nccc(Nc2cc(-c3ccccc3-c3nnn[nH]3)nc(N(Cc3ccccc3)CC(C)C)c2)n1. The molecular formula is C28H29N9. The van der Waals surface area contributed by atoms with E-state index in [2.05, 4.69) is 85.0 Å². The fourth-order valence-electron chi connectivity index (χ4n) is 4.23. The van der Waals surface area contributed by atoms with E-state index in [1.807, 2.05) is 49.4 Å². The minimum Gasteiger partial charge on any atom is -0.352 e. The Morgan fingerprint density at radius 3 is 2.43 bits per heavy atom. The Morgan fingerprint density at radius 1 is 0.919 bits per heavy atom. The van der Waals surface area contributed by atoms with Gasteiger partial charge in [0.1, 0.15) is 17.5 Å². The Bertz CT molecular complexity index is 1450. The summed E-state index contributed by atoms with van der Waals surface area (Å²) < 4.78 is 0. The zero-order valence-electron chi connectivity index (χ0n) is 21.1. The lowest BCUT2D eigenvalue weighted by Gasteiger charge is -2.27. The van der Waals surface area contributed by atoms with Crippen LogP contribution in [0.3, 0.4) is 0 Å². The summed E-state index contributed by atoms with van der Waals surface area (Å²) in [5, 5.41) is 18.0. The van der Waals surface area contributed by atoms with Crippen LogP contribution in [0.15, 0.2) is 79.0 Å². The number of anilines is 3. The molecule has 3 heterocycles. The maximum absolute atomic E-state index is 5.15. The smallest absolute Gasteiger partial charge is 0.180 e. The summed E-state index contributed by atoms with van der Waals surface area (Å²) in [6, 6.07) is 24.4. The van der Waals surface area contributed by atoms with E-state index in [-0.39, 0.29) is 0 Å². The van der Waals surface area contributed by atoms with Gasteiger partial charge in [0.15, 0.2) is 5.82 Å². The normalized spacial score (nSPS) is 11.0. The van der Waals surface area contributed by atoms with Gasteiger partial charge in [-0.25, -0.2) is 20.1 Å². The Balaban J connectivity index is 1.62. The number of benzene rings is 2.